The molecule has 0 bridgehead atoms. The number of fused-ring (bicyclic) bond motifs is 1. The van der Waals surface area contributed by atoms with E-state index < -0.39 is 23.3 Å². The Morgan fingerprint density at radius 2 is 1.81 bits per heavy atom. The van der Waals surface area contributed by atoms with Crippen LogP contribution in [0, 0.1) is 5.82 Å². The number of anilines is 1. The maximum Gasteiger partial charge on any atom is 0.249 e. The van der Waals surface area contributed by atoms with Crippen LogP contribution in [0.1, 0.15) is 38.8 Å². The minimum atomic E-state index is -1.06. The van der Waals surface area contributed by atoms with E-state index in [4.69, 9.17) is 4.74 Å². The van der Waals surface area contributed by atoms with Crippen molar-refractivity contribution >= 4 is 28.5 Å². The average Bonchev–Trinajstić information content (AvgIpc) is 3.30. The number of amides is 2. The van der Waals surface area contributed by atoms with Crippen molar-refractivity contribution in [1.82, 2.24) is 20.3 Å². The summed E-state index contributed by atoms with van der Waals surface area (Å²) in [5.74, 6) is -0.701. The minimum absolute atomic E-state index is 0.178. The van der Waals surface area contributed by atoms with Crippen molar-refractivity contribution in [3.8, 4) is 5.75 Å². The Kier molecular flexibility index (Phi) is 7.52. The monoisotopic (exact) mass is 503 g/mol. The largest absolute Gasteiger partial charge is 0.497 e. The third-order valence-electron chi connectivity index (χ3n) is 6.34. The molecule has 1 atom stereocenters. The number of ether oxygens (including phenoxy) is 1. The van der Waals surface area contributed by atoms with Gasteiger partial charge < -0.3 is 10.1 Å². The highest BCUT2D eigenvalue weighted by Gasteiger charge is 2.35. The molecule has 0 saturated heterocycles. The van der Waals surface area contributed by atoms with Gasteiger partial charge in [-0.3, -0.25) is 14.5 Å². The van der Waals surface area contributed by atoms with E-state index in [0.717, 1.165) is 0 Å². The van der Waals surface area contributed by atoms with Gasteiger partial charge in [0.05, 0.1) is 12.6 Å². The number of carbonyl (C=O) groups is 2. The normalized spacial score (nSPS) is 12.2. The molecule has 37 heavy (non-hydrogen) atoms. The van der Waals surface area contributed by atoms with Crippen molar-refractivity contribution in [1.29, 1.82) is 0 Å². The van der Waals surface area contributed by atoms with Gasteiger partial charge in [-0.25, -0.2) is 9.07 Å². The van der Waals surface area contributed by atoms with Gasteiger partial charge in [-0.05, 0) is 74.4 Å². The maximum absolute atomic E-state index is 14.0. The van der Waals surface area contributed by atoms with Crippen LogP contribution in [0.25, 0.3) is 11.0 Å². The first kappa shape index (κ1) is 25.8. The van der Waals surface area contributed by atoms with Crippen LogP contribution in [0.3, 0.4) is 0 Å². The molecule has 9 heteroatoms. The smallest absolute Gasteiger partial charge is 0.249 e. The molecule has 0 fully saturated rings. The fraction of sp³-hybridized carbons (Fsp3) is 0.286. The summed E-state index contributed by atoms with van der Waals surface area (Å²) < 4.78 is 20.7. The number of nitrogens with zero attached hydrogens (tertiary/aromatic N) is 4. The van der Waals surface area contributed by atoms with Crippen LogP contribution in [0.5, 0.6) is 5.75 Å². The number of aromatic nitrogens is 3. The lowest BCUT2D eigenvalue weighted by Gasteiger charge is -2.34. The van der Waals surface area contributed by atoms with Crippen LogP contribution >= 0.6 is 0 Å². The summed E-state index contributed by atoms with van der Waals surface area (Å²) in [5, 5.41) is 11.3. The van der Waals surface area contributed by atoms with E-state index in [0.29, 0.717) is 34.5 Å². The summed E-state index contributed by atoms with van der Waals surface area (Å²) in [5.41, 5.74) is 1.73. The maximum atomic E-state index is 14.0. The van der Waals surface area contributed by atoms with Gasteiger partial charge in [0.1, 0.15) is 29.7 Å². The van der Waals surface area contributed by atoms with Gasteiger partial charge in [-0.1, -0.05) is 36.4 Å². The van der Waals surface area contributed by atoms with Crippen LogP contribution in [0.4, 0.5) is 10.1 Å². The number of hydrogen-bond acceptors (Lipinski definition) is 5. The van der Waals surface area contributed by atoms with Gasteiger partial charge in [-0.15, -0.1) is 5.10 Å². The zero-order valence-corrected chi connectivity index (χ0v) is 21.3. The first-order valence-corrected chi connectivity index (χ1v) is 12.0. The number of rotatable bonds is 9. The summed E-state index contributed by atoms with van der Waals surface area (Å²) in [6.45, 7) is 5.63. The molecule has 4 aromatic rings. The lowest BCUT2D eigenvalue weighted by Crippen LogP contribution is -2.51. The van der Waals surface area contributed by atoms with Crippen LogP contribution in [0.2, 0.25) is 0 Å². The predicted octanol–water partition coefficient (Wildman–Crippen LogP) is 4.66. The quantitative estimate of drug-likeness (QED) is 0.359. The summed E-state index contributed by atoms with van der Waals surface area (Å²) >= 11 is 0. The van der Waals surface area contributed by atoms with Crippen molar-refractivity contribution in [2.75, 3.05) is 12.0 Å². The Hall–Kier alpha value is -4.27. The fourth-order valence-corrected chi connectivity index (χ4v) is 4.00. The Morgan fingerprint density at radius 1 is 1.08 bits per heavy atom. The first-order valence-electron chi connectivity index (χ1n) is 12.0. The summed E-state index contributed by atoms with van der Waals surface area (Å²) in [6.07, 6.45) is 0.680. The average molecular weight is 504 g/mol. The van der Waals surface area contributed by atoms with Crippen molar-refractivity contribution < 1.29 is 18.7 Å². The van der Waals surface area contributed by atoms with Gasteiger partial charge in [-0.2, -0.15) is 0 Å². The van der Waals surface area contributed by atoms with E-state index >= 15 is 0 Å². The Morgan fingerprint density at radius 3 is 2.51 bits per heavy atom. The lowest BCUT2D eigenvalue weighted by molar-refractivity contribution is -0.128. The molecule has 8 nitrogen and oxygen atoms in total. The first-order chi connectivity index (χ1) is 17.7. The van der Waals surface area contributed by atoms with Crippen molar-refractivity contribution in [2.45, 2.75) is 45.3 Å². The molecule has 0 aliphatic rings. The molecule has 2 amide bonds. The molecule has 0 radical (unpaired) electrons. The highest BCUT2D eigenvalue weighted by Crippen LogP contribution is 2.31. The van der Waals surface area contributed by atoms with E-state index in [1.54, 1.807) is 30.3 Å². The van der Waals surface area contributed by atoms with Gasteiger partial charge in [0.15, 0.2) is 0 Å². The van der Waals surface area contributed by atoms with Crippen molar-refractivity contribution in [3.05, 3.63) is 84.2 Å². The van der Waals surface area contributed by atoms with Crippen LogP contribution in [-0.2, 0) is 16.1 Å². The van der Waals surface area contributed by atoms with E-state index in [1.165, 1.54) is 41.0 Å². The van der Waals surface area contributed by atoms with E-state index in [9.17, 15) is 14.0 Å². The van der Waals surface area contributed by atoms with E-state index in [-0.39, 0.29) is 12.5 Å². The number of carbonyl (C=O) groups excluding carboxylic acids is 2. The molecular weight excluding hydrogens is 473 g/mol. The molecule has 1 N–H and O–H groups in total. The van der Waals surface area contributed by atoms with Crippen LogP contribution in [-0.4, -0.2) is 39.5 Å². The van der Waals surface area contributed by atoms with Crippen LogP contribution < -0.4 is 15.0 Å². The summed E-state index contributed by atoms with van der Waals surface area (Å²) in [6, 6.07) is 18.7. The molecular formula is C28H30FN5O3. The molecule has 0 aliphatic carbocycles. The molecule has 1 heterocycles. The molecule has 0 saturated carbocycles. The fourth-order valence-electron chi connectivity index (χ4n) is 4.00. The SMILES string of the molecule is CCC(C)(C)NC(=O)C(c1cccc(OC)c1)N(C(=O)Cn1nnc2ccccc21)c1ccc(F)cc1. The molecule has 1 aromatic heterocycles. The second kappa shape index (κ2) is 10.8. The van der Waals surface area contributed by atoms with E-state index in [1.807, 2.05) is 39.0 Å². The standard InChI is InChI=1S/C28H30FN5O3/c1-5-28(2,3)30-27(36)26(19-9-8-10-22(17-19)37-4)34(21-15-13-20(29)14-16-21)25(35)18-33-24-12-7-6-11-23(24)31-32-33/h6-17,26H,5,18H2,1-4H3,(H,30,36). The molecule has 1 unspecified atom stereocenters. The predicted molar refractivity (Wildman–Crippen MR) is 140 cm³/mol. The molecule has 3 aromatic carbocycles. The number of benzene rings is 3. The van der Waals surface area contributed by atoms with Gasteiger partial charge in [0, 0.05) is 11.2 Å². The Labute approximate surface area is 215 Å². The summed E-state index contributed by atoms with van der Waals surface area (Å²) in [4.78, 5) is 29.2. The number of hydrogen-bond donors (Lipinski definition) is 1. The molecule has 0 aliphatic heterocycles. The summed E-state index contributed by atoms with van der Waals surface area (Å²) in [7, 11) is 1.53. The minimum Gasteiger partial charge on any atom is -0.497 e. The second-order valence-electron chi connectivity index (χ2n) is 9.38. The number of para-hydroxylation sites is 1. The molecule has 192 valence electrons. The highest BCUT2D eigenvalue weighted by molar-refractivity contribution is 6.01. The third-order valence-corrected chi connectivity index (χ3v) is 6.34. The number of methoxy groups -OCH3 is 1. The van der Waals surface area contributed by atoms with E-state index in [2.05, 4.69) is 15.6 Å². The Balaban J connectivity index is 1.83. The van der Waals surface area contributed by atoms with Gasteiger partial charge in [0.2, 0.25) is 11.8 Å². The zero-order valence-electron chi connectivity index (χ0n) is 21.3. The highest BCUT2D eigenvalue weighted by atomic mass is 19.1. The van der Waals surface area contributed by atoms with Crippen LogP contribution in [0.15, 0.2) is 72.8 Å². The third kappa shape index (κ3) is 5.77. The topological polar surface area (TPSA) is 89.4 Å². The number of halogens is 1. The van der Waals surface area contributed by atoms with Gasteiger partial charge in [0.25, 0.3) is 0 Å². The second-order valence-corrected chi connectivity index (χ2v) is 9.38. The zero-order chi connectivity index (χ0) is 26.6. The lowest BCUT2D eigenvalue weighted by atomic mass is 9.98. The van der Waals surface area contributed by atoms with Crippen molar-refractivity contribution in [3.63, 3.8) is 0 Å². The van der Waals surface area contributed by atoms with Gasteiger partial charge >= 0.3 is 0 Å². The number of nitrogens with one attached hydrogen (secondary N) is 1. The molecule has 4 rings (SSSR count). The van der Waals surface area contributed by atoms with Crippen molar-refractivity contribution in [2.24, 2.45) is 0 Å². The Bertz CT molecular complexity index is 1400. The molecule has 0 spiro atoms.